The van der Waals surface area contributed by atoms with Crippen LogP contribution in [-0.2, 0) is 11.3 Å². The first-order chi connectivity index (χ1) is 18.5. The summed E-state index contributed by atoms with van der Waals surface area (Å²) in [6, 6.07) is 15.4. The minimum atomic E-state index is -1.05. The maximum absolute atomic E-state index is 13.3. The molecule has 0 saturated heterocycles. The number of carbonyl (C=O) groups excluding carboxylic acids is 1. The highest BCUT2D eigenvalue weighted by Crippen LogP contribution is 2.38. The van der Waals surface area contributed by atoms with Gasteiger partial charge in [0, 0.05) is 37.7 Å². The SMILES string of the molecule is CCN(CC)c1ccc(C2c3c(nc(NCc4ccc5c(c4)OCCCO5)[nH]c3=O)NC(=O)C2C#N)cc1. The van der Waals surface area contributed by atoms with E-state index in [9.17, 15) is 14.9 Å². The monoisotopic (exact) mass is 514 g/mol. The number of aromatic nitrogens is 2. The van der Waals surface area contributed by atoms with Crippen LogP contribution in [0, 0.1) is 17.2 Å². The number of nitrogens with zero attached hydrogens (tertiary/aromatic N) is 3. The average molecular weight is 515 g/mol. The topological polar surface area (TPSA) is 132 Å². The first kappa shape index (κ1) is 25.1. The van der Waals surface area contributed by atoms with Crippen molar-refractivity contribution < 1.29 is 14.3 Å². The maximum Gasteiger partial charge on any atom is 0.258 e. The zero-order chi connectivity index (χ0) is 26.6. The molecule has 10 heteroatoms. The van der Waals surface area contributed by atoms with Gasteiger partial charge in [-0.1, -0.05) is 18.2 Å². The number of hydrogen-bond donors (Lipinski definition) is 3. The molecule has 0 bridgehead atoms. The minimum Gasteiger partial charge on any atom is -0.490 e. The number of fused-ring (bicyclic) bond motifs is 2. The Morgan fingerprint density at radius 3 is 2.53 bits per heavy atom. The van der Waals surface area contributed by atoms with E-state index in [1.165, 1.54) is 0 Å². The fraction of sp³-hybridized carbons (Fsp3) is 0.357. The van der Waals surface area contributed by atoms with Crippen molar-refractivity contribution in [1.82, 2.24) is 9.97 Å². The number of nitrogens with one attached hydrogen (secondary N) is 3. The zero-order valence-corrected chi connectivity index (χ0v) is 21.4. The van der Waals surface area contributed by atoms with Crippen LogP contribution in [0.15, 0.2) is 47.3 Å². The van der Waals surface area contributed by atoms with Gasteiger partial charge in [-0.05, 0) is 49.2 Å². The molecule has 2 aromatic carbocycles. The van der Waals surface area contributed by atoms with Crippen molar-refractivity contribution in [3.8, 4) is 17.6 Å². The van der Waals surface area contributed by atoms with Crippen LogP contribution < -0.4 is 30.6 Å². The molecule has 1 amide bonds. The molecule has 0 spiro atoms. The summed E-state index contributed by atoms with van der Waals surface area (Å²) in [5, 5.41) is 15.6. The largest absolute Gasteiger partial charge is 0.490 e. The summed E-state index contributed by atoms with van der Waals surface area (Å²) in [5.74, 6) is -0.510. The fourth-order valence-electron chi connectivity index (χ4n) is 4.94. The second kappa shape index (κ2) is 10.8. The number of amides is 1. The quantitative estimate of drug-likeness (QED) is 0.436. The Bertz CT molecular complexity index is 1420. The highest BCUT2D eigenvalue weighted by atomic mass is 16.5. The lowest BCUT2D eigenvalue weighted by molar-refractivity contribution is -0.119. The fourth-order valence-corrected chi connectivity index (χ4v) is 4.94. The van der Waals surface area contributed by atoms with Gasteiger partial charge in [0.25, 0.3) is 5.56 Å². The summed E-state index contributed by atoms with van der Waals surface area (Å²) in [6.07, 6.45) is 0.821. The number of rotatable bonds is 7. The van der Waals surface area contributed by atoms with Gasteiger partial charge in [-0.25, -0.2) is 0 Å². The standard InChI is InChI=1S/C28H30N6O4/c1-3-34(4-2)19-9-7-18(8-10-19)23-20(15-29)26(35)31-25-24(23)27(36)33-28(32-25)30-16-17-6-11-21-22(14-17)38-13-5-12-37-21/h6-11,14,20,23H,3-5,12-13,16H2,1-2H3,(H3,30,31,32,33,35,36). The molecule has 38 heavy (non-hydrogen) atoms. The lowest BCUT2D eigenvalue weighted by atomic mass is 9.79. The molecule has 0 fully saturated rings. The predicted octanol–water partition coefficient (Wildman–Crippen LogP) is 3.61. The number of anilines is 3. The Hall–Kier alpha value is -4.52. The minimum absolute atomic E-state index is 0.157. The summed E-state index contributed by atoms with van der Waals surface area (Å²) in [7, 11) is 0. The van der Waals surface area contributed by atoms with E-state index in [0.717, 1.165) is 30.8 Å². The number of carbonyl (C=O) groups is 1. The number of benzene rings is 2. The zero-order valence-electron chi connectivity index (χ0n) is 21.4. The molecule has 3 N–H and O–H groups in total. The summed E-state index contributed by atoms with van der Waals surface area (Å²) in [6.45, 7) is 7.45. The Kier molecular flexibility index (Phi) is 7.18. The third-order valence-electron chi connectivity index (χ3n) is 6.92. The third kappa shape index (κ3) is 4.87. The smallest absolute Gasteiger partial charge is 0.258 e. The third-order valence-corrected chi connectivity index (χ3v) is 6.92. The molecule has 2 aliphatic rings. The average Bonchev–Trinajstić information content (AvgIpc) is 3.17. The predicted molar refractivity (Wildman–Crippen MR) is 144 cm³/mol. The molecule has 10 nitrogen and oxygen atoms in total. The molecule has 2 atom stereocenters. The van der Waals surface area contributed by atoms with Gasteiger partial charge in [0.1, 0.15) is 11.7 Å². The molecular weight excluding hydrogens is 484 g/mol. The van der Waals surface area contributed by atoms with E-state index >= 15 is 0 Å². The van der Waals surface area contributed by atoms with Crippen LogP contribution in [0.5, 0.6) is 11.5 Å². The van der Waals surface area contributed by atoms with Gasteiger partial charge < -0.3 is 25.0 Å². The highest BCUT2D eigenvalue weighted by molar-refractivity contribution is 5.98. The molecule has 2 aliphatic heterocycles. The Morgan fingerprint density at radius 1 is 1.08 bits per heavy atom. The molecule has 2 unspecified atom stereocenters. The molecule has 3 aromatic rings. The van der Waals surface area contributed by atoms with Crippen molar-refractivity contribution in [1.29, 1.82) is 5.26 Å². The maximum atomic E-state index is 13.3. The van der Waals surface area contributed by atoms with Crippen molar-refractivity contribution in [2.24, 2.45) is 5.92 Å². The van der Waals surface area contributed by atoms with E-state index in [1.807, 2.05) is 42.5 Å². The van der Waals surface area contributed by atoms with Gasteiger partial charge >= 0.3 is 0 Å². The van der Waals surface area contributed by atoms with Crippen LogP contribution in [0.25, 0.3) is 0 Å². The van der Waals surface area contributed by atoms with E-state index in [2.05, 4.69) is 45.4 Å². The number of hydrogen-bond acceptors (Lipinski definition) is 8. The summed E-state index contributed by atoms with van der Waals surface area (Å²) < 4.78 is 11.4. The molecule has 5 rings (SSSR count). The molecule has 1 aromatic heterocycles. The van der Waals surface area contributed by atoms with E-state index in [4.69, 9.17) is 9.47 Å². The molecule has 0 saturated carbocycles. The molecular formula is C28H30N6O4. The normalized spacial score (nSPS) is 18.0. The molecule has 3 heterocycles. The summed E-state index contributed by atoms with van der Waals surface area (Å²) in [5.41, 5.74) is 2.52. The highest BCUT2D eigenvalue weighted by Gasteiger charge is 2.40. The van der Waals surface area contributed by atoms with Gasteiger partial charge in [0.15, 0.2) is 11.5 Å². The van der Waals surface area contributed by atoms with Crippen LogP contribution in [0.1, 0.15) is 42.9 Å². The van der Waals surface area contributed by atoms with Crippen LogP contribution in [0.3, 0.4) is 0 Å². The van der Waals surface area contributed by atoms with Gasteiger partial charge in [0.2, 0.25) is 11.9 Å². The van der Waals surface area contributed by atoms with Gasteiger partial charge in [-0.2, -0.15) is 10.2 Å². The van der Waals surface area contributed by atoms with Crippen LogP contribution >= 0.6 is 0 Å². The van der Waals surface area contributed by atoms with Gasteiger partial charge in [0.05, 0.1) is 24.8 Å². The number of nitriles is 1. The molecule has 196 valence electrons. The van der Waals surface area contributed by atoms with Crippen molar-refractivity contribution >= 4 is 23.4 Å². The Labute approximate surface area is 220 Å². The summed E-state index contributed by atoms with van der Waals surface area (Å²) >= 11 is 0. The van der Waals surface area contributed by atoms with Crippen molar-refractivity contribution in [3.63, 3.8) is 0 Å². The molecule has 0 radical (unpaired) electrons. The number of ether oxygens (including phenoxy) is 2. The van der Waals surface area contributed by atoms with E-state index < -0.39 is 23.3 Å². The van der Waals surface area contributed by atoms with E-state index in [1.54, 1.807) is 0 Å². The first-order valence-corrected chi connectivity index (χ1v) is 12.8. The Morgan fingerprint density at radius 2 is 1.82 bits per heavy atom. The van der Waals surface area contributed by atoms with Crippen LogP contribution in [-0.4, -0.2) is 42.2 Å². The van der Waals surface area contributed by atoms with Gasteiger partial charge in [-0.15, -0.1) is 0 Å². The second-order valence-electron chi connectivity index (χ2n) is 9.20. The van der Waals surface area contributed by atoms with Crippen molar-refractivity contribution in [3.05, 3.63) is 69.5 Å². The Balaban J connectivity index is 1.42. The van der Waals surface area contributed by atoms with Crippen LogP contribution in [0.2, 0.25) is 0 Å². The lowest BCUT2D eigenvalue weighted by Crippen LogP contribution is -2.38. The first-order valence-electron chi connectivity index (χ1n) is 12.8. The summed E-state index contributed by atoms with van der Waals surface area (Å²) in [4.78, 5) is 35.6. The second-order valence-corrected chi connectivity index (χ2v) is 9.20. The lowest BCUT2D eigenvalue weighted by Gasteiger charge is -2.29. The number of H-pyrrole nitrogens is 1. The van der Waals surface area contributed by atoms with Gasteiger partial charge in [-0.3, -0.25) is 14.6 Å². The van der Waals surface area contributed by atoms with Crippen LogP contribution in [0.4, 0.5) is 17.5 Å². The van der Waals surface area contributed by atoms with E-state index in [0.29, 0.717) is 36.8 Å². The van der Waals surface area contributed by atoms with E-state index in [-0.39, 0.29) is 17.3 Å². The number of aromatic amines is 1. The van der Waals surface area contributed by atoms with Crippen molar-refractivity contribution in [2.75, 3.05) is 41.8 Å². The molecule has 0 aliphatic carbocycles. The van der Waals surface area contributed by atoms with Crippen molar-refractivity contribution in [2.45, 2.75) is 32.7 Å².